The first-order valence-corrected chi connectivity index (χ1v) is 10.1. The molecule has 0 aliphatic rings. The molecule has 228 valence electrons. The van der Waals surface area contributed by atoms with Gasteiger partial charge in [-0.05, 0) is 0 Å². The van der Waals surface area contributed by atoms with Crippen molar-refractivity contribution in [3.8, 4) is 0 Å². The minimum Gasteiger partial charge on any atom is -0.481 e. The summed E-state index contributed by atoms with van der Waals surface area (Å²) in [6.07, 6.45) is -6.41. The molecule has 0 aliphatic carbocycles. The predicted octanol–water partition coefficient (Wildman–Crippen LogP) is -5.25. The summed E-state index contributed by atoms with van der Waals surface area (Å²) < 4.78 is 8.88. The summed E-state index contributed by atoms with van der Waals surface area (Å²) in [5.41, 5.74) is -5.48. The van der Waals surface area contributed by atoms with Crippen LogP contribution in [-0.2, 0) is 33.3 Å². The Hall–Kier alpha value is -3.94. The van der Waals surface area contributed by atoms with E-state index in [1.54, 1.807) is 0 Å². The van der Waals surface area contributed by atoms with E-state index in [0.717, 1.165) is 0 Å². The summed E-state index contributed by atoms with van der Waals surface area (Å²) in [4.78, 5) is 91.1. The van der Waals surface area contributed by atoms with Crippen LogP contribution in [0.25, 0.3) is 0 Å². The zero-order chi connectivity index (χ0) is 32.9. The molecule has 0 aromatic rings. The Bertz CT molecular complexity index is 776. The van der Waals surface area contributed by atoms with E-state index in [1.165, 1.54) is 0 Å². The molecule has 0 unspecified atom stereocenters. The first-order valence-electron chi connectivity index (χ1n) is 8.55. The molecule has 0 atom stereocenters. The molecule has 39 heavy (non-hydrogen) atoms. The predicted molar refractivity (Wildman–Crippen MR) is 112 cm³/mol. The van der Waals surface area contributed by atoms with E-state index in [4.69, 9.17) is 90.2 Å². The van der Waals surface area contributed by atoms with Gasteiger partial charge in [-0.1, -0.05) is 0 Å². The van der Waals surface area contributed by atoms with Gasteiger partial charge in [-0.2, -0.15) is 0 Å². The van der Waals surface area contributed by atoms with Gasteiger partial charge in [0, 0.05) is 0 Å². The van der Waals surface area contributed by atoms with Gasteiger partial charge in [0.25, 0.3) is 0 Å². The van der Waals surface area contributed by atoms with Crippen molar-refractivity contribution in [2.24, 2.45) is 0 Å². The molecule has 0 amide bonds. The minimum absolute atomic E-state index is 1.14. The molecule has 26 heteroatoms. The van der Waals surface area contributed by atoms with Crippen molar-refractivity contribution in [3.05, 3.63) is 0 Å². The SMILES string of the molecule is O=C(O)CC(O)(CC(=O)O)C(=O)O.O=C(O)CC(O)(CC(=O)O)C(=O)O.O=C(O)O.O=P(O)(O)O.OB(O)O. The lowest BCUT2D eigenvalue weighted by Crippen LogP contribution is -2.42. The van der Waals surface area contributed by atoms with Crippen molar-refractivity contribution < 1.29 is 119 Å². The second kappa shape index (κ2) is 21.0. The van der Waals surface area contributed by atoms with Gasteiger partial charge in [0.05, 0.1) is 25.7 Å². The van der Waals surface area contributed by atoms with Crippen molar-refractivity contribution in [2.75, 3.05) is 0 Å². The Morgan fingerprint density at radius 3 is 0.667 bits per heavy atom. The molecule has 0 bridgehead atoms. The zero-order valence-corrected chi connectivity index (χ0v) is 19.7. The number of hydrogen-bond acceptors (Lipinski definition) is 13. The second-order valence-corrected chi connectivity index (χ2v) is 7.12. The number of aliphatic hydroxyl groups is 2. The molecule has 0 aromatic heterocycles. The highest BCUT2D eigenvalue weighted by Crippen LogP contribution is 2.25. The first-order chi connectivity index (χ1) is 17.0. The van der Waals surface area contributed by atoms with E-state index in [-0.39, 0.29) is 0 Å². The lowest BCUT2D eigenvalue weighted by molar-refractivity contribution is -0.170. The fourth-order valence-corrected chi connectivity index (χ4v) is 1.43. The molecular formula is C13H24BO24P. The van der Waals surface area contributed by atoms with Crippen molar-refractivity contribution in [1.82, 2.24) is 0 Å². The highest BCUT2D eigenvalue weighted by atomic mass is 31.2. The van der Waals surface area contributed by atoms with Gasteiger partial charge in [-0.3, -0.25) is 19.2 Å². The van der Waals surface area contributed by atoms with Crippen LogP contribution in [0.15, 0.2) is 0 Å². The molecule has 0 heterocycles. The summed E-state index contributed by atoms with van der Waals surface area (Å²) in [7, 11) is -6.81. The van der Waals surface area contributed by atoms with Gasteiger partial charge >= 0.3 is 57.1 Å². The largest absolute Gasteiger partial charge is 0.631 e. The Balaban J connectivity index is -0.000000137. The fraction of sp³-hybridized carbons (Fsp3) is 0.462. The summed E-state index contributed by atoms with van der Waals surface area (Å²) in [6.45, 7) is 0. The Morgan fingerprint density at radius 2 is 0.615 bits per heavy atom. The first kappa shape index (κ1) is 45.0. The summed E-state index contributed by atoms with van der Waals surface area (Å²) in [5.74, 6) is -10.0. The molecule has 0 radical (unpaired) electrons. The number of aliphatic carboxylic acids is 6. The van der Waals surface area contributed by atoms with Crippen LogP contribution in [0.2, 0.25) is 0 Å². The normalized spacial score (nSPS) is 10.1. The molecule has 0 aliphatic heterocycles. The molecule has 0 fully saturated rings. The standard InChI is InChI=1S/2C6H8O7.CH2O3.BH3O3.H3O4P/c2*7-3(8)1-6(13,5(11)12)2-4(9)10;2*2-1(3)4;1-5(2,3)4/h2*13H,1-2H2,(H,7,8)(H,9,10)(H,11,12);(H2,2,3,4);2-4H;(H3,1,2,3,4). The minimum atomic E-state index is -4.64. The molecule has 24 nitrogen and oxygen atoms in total. The number of carboxylic acid groups (broad SMARTS) is 8. The maximum atomic E-state index is 10.3. The average molecular weight is 606 g/mol. The van der Waals surface area contributed by atoms with E-state index in [9.17, 15) is 28.8 Å². The number of rotatable bonds is 10. The van der Waals surface area contributed by atoms with Crippen LogP contribution >= 0.6 is 7.82 Å². The summed E-state index contributed by atoms with van der Waals surface area (Å²) in [6, 6.07) is 0. The van der Waals surface area contributed by atoms with Crippen molar-refractivity contribution in [3.63, 3.8) is 0 Å². The maximum absolute atomic E-state index is 10.3. The highest BCUT2D eigenvalue weighted by molar-refractivity contribution is 7.45. The lowest BCUT2D eigenvalue weighted by atomic mass is 9.96. The molecule has 16 N–H and O–H groups in total. The van der Waals surface area contributed by atoms with Crippen LogP contribution in [0.3, 0.4) is 0 Å². The van der Waals surface area contributed by atoms with Crippen LogP contribution in [-0.4, -0.2) is 141 Å². The van der Waals surface area contributed by atoms with E-state index in [2.05, 4.69) is 0 Å². The molecule has 0 saturated heterocycles. The third-order valence-corrected chi connectivity index (χ3v) is 2.57. The second-order valence-electron chi connectivity index (χ2n) is 6.10. The highest BCUT2D eigenvalue weighted by Gasteiger charge is 2.41. The van der Waals surface area contributed by atoms with E-state index in [0.29, 0.717) is 0 Å². The number of carbonyl (C=O) groups is 7. The average Bonchev–Trinajstić information content (AvgIpc) is 2.56. The van der Waals surface area contributed by atoms with E-state index >= 15 is 0 Å². The van der Waals surface area contributed by atoms with Gasteiger partial charge in [0.1, 0.15) is 0 Å². The van der Waals surface area contributed by atoms with Gasteiger partial charge in [-0.15, -0.1) is 0 Å². The molecule has 0 aromatic carbocycles. The van der Waals surface area contributed by atoms with E-state index < -0.39 is 94.0 Å². The Labute approximate surface area is 213 Å². The van der Waals surface area contributed by atoms with Gasteiger partial charge < -0.3 is 80.8 Å². The van der Waals surface area contributed by atoms with Crippen molar-refractivity contribution in [1.29, 1.82) is 0 Å². The van der Waals surface area contributed by atoms with Gasteiger partial charge in [0.15, 0.2) is 11.2 Å². The fourth-order valence-electron chi connectivity index (χ4n) is 1.43. The summed E-state index contributed by atoms with van der Waals surface area (Å²) >= 11 is 0. The molecular weight excluding hydrogens is 582 g/mol. The van der Waals surface area contributed by atoms with Crippen molar-refractivity contribution >= 4 is 57.1 Å². The van der Waals surface area contributed by atoms with Gasteiger partial charge in [0.2, 0.25) is 0 Å². The van der Waals surface area contributed by atoms with Crippen LogP contribution in [0.1, 0.15) is 25.7 Å². The number of carboxylic acids is 6. The molecule has 0 saturated carbocycles. The quantitative estimate of drug-likeness (QED) is 0.0815. The lowest BCUT2D eigenvalue weighted by Gasteiger charge is -2.18. The number of phosphoric acid groups is 1. The Kier molecular flexibility index (Phi) is 24.3. The van der Waals surface area contributed by atoms with Crippen molar-refractivity contribution in [2.45, 2.75) is 36.9 Å². The zero-order valence-electron chi connectivity index (χ0n) is 18.8. The topological polar surface area (TPSA) is 460 Å². The number of hydrogen-bond donors (Lipinski definition) is 16. The summed E-state index contributed by atoms with van der Waals surface area (Å²) in [5, 5.41) is 103. The van der Waals surface area contributed by atoms with Crippen LogP contribution in [0, 0.1) is 0 Å². The van der Waals surface area contributed by atoms with Crippen LogP contribution < -0.4 is 0 Å². The third kappa shape index (κ3) is 44.5. The van der Waals surface area contributed by atoms with Crippen LogP contribution in [0.5, 0.6) is 0 Å². The van der Waals surface area contributed by atoms with Crippen LogP contribution in [0.4, 0.5) is 4.79 Å². The third-order valence-electron chi connectivity index (χ3n) is 2.57. The molecule has 0 spiro atoms. The monoisotopic (exact) mass is 606 g/mol. The van der Waals surface area contributed by atoms with Gasteiger partial charge in [-0.25, -0.2) is 18.9 Å². The maximum Gasteiger partial charge on any atom is 0.631 e. The Morgan fingerprint density at radius 1 is 0.513 bits per heavy atom. The van der Waals surface area contributed by atoms with E-state index in [1.807, 2.05) is 0 Å². The molecule has 0 rings (SSSR count). The smallest absolute Gasteiger partial charge is 0.481 e.